The van der Waals surface area contributed by atoms with Crippen LogP contribution in [0.15, 0.2) is 18.5 Å². The van der Waals surface area contributed by atoms with E-state index in [4.69, 9.17) is 4.74 Å². The van der Waals surface area contributed by atoms with Crippen LogP contribution in [0, 0.1) is 6.92 Å². The van der Waals surface area contributed by atoms with Gasteiger partial charge in [-0.2, -0.15) is 0 Å². The molecule has 0 atom stereocenters. The standard InChI is InChI=1S/C12H18N2O2/c1-10-8-13-5-2-11(10)14-12(9-15)3-6-16-7-4-12/h2,5,8,15H,3-4,6-7,9H2,1H3,(H,13,14). The number of hydrogen-bond donors (Lipinski definition) is 2. The second-order valence-corrected chi connectivity index (χ2v) is 4.37. The Balaban J connectivity index is 2.15. The Morgan fingerprint density at radius 1 is 1.50 bits per heavy atom. The molecule has 1 saturated heterocycles. The first-order valence-electron chi connectivity index (χ1n) is 5.63. The number of anilines is 1. The average molecular weight is 222 g/mol. The molecule has 0 aromatic carbocycles. The minimum atomic E-state index is -0.232. The molecule has 0 aliphatic carbocycles. The van der Waals surface area contributed by atoms with Gasteiger partial charge in [0.05, 0.1) is 12.1 Å². The van der Waals surface area contributed by atoms with Crippen LogP contribution in [0.25, 0.3) is 0 Å². The third-order valence-electron chi connectivity index (χ3n) is 3.17. The SMILES string of the molecule is Cc1cnccc1NC1(CO)CCOCC1. The van der Waals surface area contributed by atoms with Gasteiger partial charge in [0.2, 0.25) is 0 Å². The van der Waals surface area contributed by atoms with E-state index >= 15 is 0 Å². The van der Waals surface area contributed by atoms with E-state index in [1.54, 1.807) is 6.20 Å². The molecule has 4 heteroatoms. The van der Waals surface area contributed by atoms with Crippen molar-refractivity contribution in [3.8, 4) is 0 Å². The fourth-order valence-electron chi connectivity index (χ4n) is 1.98. The van der Waals surface area contributed by atoms with Crippen LogP contribution in [0.2, 0.25) is 0 Å². The molecule has 16 heavy (non-hydrogen) atoms. The molecule has 1 aromatic rings. The number of aliphatic hydroxyl groups excluding tert-OH is 1. The van der Waals surface area contributed by atoms with Crippen LogP contribution in [0.1, 0.15) is 18.4 Å². The van der Waals surface area contributed by atoms with Crippen LogP contribution in [0.3, 0.4) is 0 Å². The molecule has 1 aliphatic rings. The Labute approximate surface area is 95.7 Å². The van der Waals surface area contributed by atoms with Crippen LogP contribution in [0.4, 0.5) is 5.69 Å². The summed E-state index contributed by atoms with van der Waals surface area (Å²) in [7, 11) is 0. The van der Waals surface area contributed by atoms with E-state index in [0.717, 1.165) is 24.1 Å². The lowest BCUT2D eigenvalue weighted by atomic mass is 9.90. The van der Waals surface area contributed by atoms with E-state index < -0.39 is 0 Å². The minimum Gasteiger partial charge on any atom is -0.394 e. The lowest BCUT2D eigenvalue weighted by molar-refractivity contribution is 0.0380. The summed E-state index contributed by atoms with van der Waals surface area (Å²) in [4.78, 5) is 4.06. The molecule has 1 aliphatic heterocycles. The first-order chi connectivity index (χ1) is 7.76. The highest BCUT2D eigenvalue weighted by molar-refractivity contribution is 5.50. The summed E-state index contributed by atoms with van der Waals surface area (Å²) in [5.74, 6) is 0. The molecule has 4 nitrogen and oxygen atoms in total. The summed E-state index contributed by atoms with van der Waals surface area (Å²) in [5, 5.41) is 13.0. The van der Waals surface area contributed by atoms with Gasteiger partial charge in [-0.15, -0.1) is 0 Å². The van der Waals surface area contributed by atoms with Crippen molar-refractivity contribution in [3.63, 3.8) is 0 Å². The maximum Gasteiger partial charge on any atom is 0.0663 e. The van der Waals surface area contributed by atoms with E-state index in [0.29, 0.717) is 13.2 Å². The Bertz CT molecular complexity index is 349. The number of aromatic nitrogens is 1. The summed E-state index contributed by atoms with van der Waals surface area (Å²) in [6, 6.07) is 1.95. The third-order valence-corrected chi connectivity index (χ3v) is 3.17. The zero-order chi connectivity index (χ0) is 11.4. The van der Waals surface area contributed by atoms with Gasteiger partial charge in [-0.25, -0.2) is 0 Å². The molecular weight excluding hydrogens is 204 g/mol. The van der Waals surface area contributed by atoms with Gasteiger partial charge in [-0.3, -0.25) is 4.98 Å². The lowest BCUT2D eigenvalue weighted by Gasteiger charge is -2.37. The summed E-state index contributed by atoms with van der Waals surface area (Å²) >= 11 is 0. The molecule has 1 fully saturated rings. The van der Waals surface area contributed by atoms with Gasteiger partial charge in [0.15, 0.2) is 0 Å². The van der Waals surface area contributed by atoms with Crippen molar-refractivity contribution in [1.82, 2.24) is 4.98 Å². The highest BCUT2D eigenvalue weighted by Crippen LogP contribution is 2.26. The molecule has 0 amide bonds. The van der Waals surface area contributed by atoms with Gasteiger partial charge >= 0.3 is 0 Å². The van der Waals surface area contributed by atoms with Crippen molar-refractivity contribution in [1.29, 1.82) is 0 Å². The molecular formula is C12H18N2O2. The third kappa shape index (κ3) is 2.33. The Morgan fingerprint density at radius 2 is 2.25 bits per heavy atom. The fourth-order valence-corrected chi connectivity index (χ4v) is 1.98. The predicted molar refractivity (Wildman–Crippen MR) is 62.5 cm³/mol. The first kappa shape index (κ1) is 11.4. The van der Waals surface area contributed by atoms with Gasteiger partial charge in [0.1, 0.15) is 0 Å². The van der Waals surface area contributed by atoms with Gasteiger partial charge in [0, 0.05) is 31.3 Å². The number of ether oxygens (including phenoxy) is 1. The molecule has 0 saturated carbocycles. The van der Waals surface area contributed by atoms with E-state index in [9.17, 15) is 5.11 Å². The molecule has 88 valence electrons. The van der Waals surface area contributed by atoms with E-state index in [2.05, 4.69) is 10.3 Å². The largest absolute Gasteiger partial charge is 0.394 e. The molecule has 0 radical (unpaired) electrons. The molecule has 2 heterocycles. The number of nitrogens with one attached hydrogen (secondary N) is 1. The summed E-state index contributed by atoms with van der Waals surface area (Å²) in [6.07, 6.45) is 5.27. The first-order valence-corrected chi connectivity index (χ1v) is 5.63. The van der Waals surface area contributed by atoms with Crippen LogP contribution in [0.5, 0.6) is 0 Å². The highest BCUT2D eigenvalue weighted by Gasteiger charge is 2.31. The van der Waals surface area contributed by atoms with Gasteiger partial charge in [-0.05, 0) is 31.4 Å². The van der Waals surface area contributed by atoms with Crippen LogP contribution >= 0.6 is 0 Å². The maximum absolute atomic E-state index is 9.56. The summed E-state index contributed by atoms with van der Waals surface area (Å²) in [6.45, 7) is 3.56. The zero-order valence-electron chi connectivity index (χ0n) is 9.57. The highest BCUT2D eigenvalue weighted by atomic mass is 16.5. The van der Waals surface area contributed by atoms with E-state index in [1.165, 1.54) is 0 Å². The van der Waals surface area contributed by atoms with Crippen LogP contribution < -0.4 is 5.32 Å². The number of rotatable bonds is 3. The predicted octanol–water partition coefficient (Wildman–Crippen LogP) is 1.34. The van der Waals surface area contributed by atoms with E-state index in [-0.39, 0.29) is 12.1 Å². The fraction of sp³-hybridized carbons (Fsp3) is 0.583. The number of nitrogens with zero attached hydrogens (tertiary/aromatic N) is 1. The minimum absolute atomic E-state index is 0.137. The second-order valence-electron chi connectivity index (χ2n) is 4.37. The molecule has 0 bridgehead atoms. The summed E-state index contributed by atoms with van der Waals surface area (Å²) < 4.78 is 5.33. The van der Waals surface area contributed by atoms with Gasteiger partial charge < -0.3 is 15.2 Å². The van der Waals surface area contributed by atoms with Crippen molar-refractivity contribution >= 4 is 5.69 Å². The Hall–Kier alpha value is -1.13. The van der Waals surface area contributed by atoms with Crippen molar-refractivity contribution in [2.45, 2.75) is 25.3 Å². The van der Waals surface area contributed by atoms with E-state index in [1.807, 2.05) is 19.2 Å². The number of hydrogen-bond acceptors (Lipinski definition) is 4. The van der Waals surface area contributed by atoms with Crippen molar-refractivity contribution in [2.24, 2.45) is 0 Å². The monoisotopic (exact) mass is 222 g/mol. The van der Waals surface area contributed by atoms with Gasteiger partial charge in [-0.1, -0.05) is 0 Å². The smallest absolute Gasteiger partial charge is 0.0663 e. The van der Waals surface area contributed by atoms with Crippen molar-refractivity contribution in [3.05, 3.63) is 24.0 Å². The van der Waals surface area contributed by atoms with Crippen molar-refractivity contribution in [2.75, 3.05) is 25.1 Å². The van der Waals surface area contributed by atoms with Crippen LogP contribution in [-0.4, -0.2) is 35.5 Å². The lowest BCUT2D eigenvalue weighted by Crippen LogP contribution is -2.47. The Kier molecular flexibility index (Phi) is 3.41. The number of pyridine rings is 1. The summed E-state index contributed by atoms with van der Waals surface area (Å²) in [5.41, 5.74) is 1.91. The van der Waals surface area contributed by atoms with Crippen molar-refractivity contribution < 1.29 is 9.84 Å². The topological polar surface area (TPSA) is 54.4 Å². The molecule has 2 N–H and O–H groups in total. The Morgan fingerprint density at radius 3 is 2.88 bits per heavy atom. The number of aryl methyl sites for hydroxylation is 1. The molecule has 1 aromatic heterocycles. The van der Waals surface area contributed by atoms with Gasteiger partial charge in [0.25, 0.3) is 0 Å². The molecule has 0 spiro atoms. The normalized spacial score (nSPS) is 19.4. The quantitative estimate of drug-likeness (QED) is 0.810. The number of aliphatic hydroxyl groups is 1. The molecule has 2 rings (SSSR count). The molecule has 0 unspecified atom stereocenters. The maximum atomic E-state index is 9.56. The zero-order valence-corrected chi connectivity index (χ0v) is 9.57. The second kappa shape index (κ2) is 4.80. The van der Waals surface area contributed by atoms with Crippen LogP contribution in [-0.2, 0) is 4.74 Å². The average Bonchev–Trinajstić information content (AvgIpc) is 2.33.